The third-order valence-corrected chi connectivity index (χ3v) is 2.30. The summed E-state index contributed by atoms with van der Waals surface area (Å²) in [6, 6.07) is 3.00. The maximum Gasteiger partial charge on any atom is 0.298 e. The van der Waals surface area contributed by atoms with E-state index in [4.69, 9.17) is 9.66 Å². The van der Waals surface area contributed by atoms with Crippen molar-refractivity contribution in [2.75, 3.05) is 0 Å². The first-order valence-electron chi connectivity index (χ1n) is 3.33. The molecule has 0 amide bonds. The van der Waals surface area contributed by atoms with Gasteiger partial charge in [-0.05, 0) is 12.1 Å². The van der Waals surface area contributed by atoms with Gasteiger partial charge in [-0.25, -0.2) is 4.79 Å². The van der Waals surface area contributed by atoms with E-state index < -0.39 is 20.8 Å². The summed E-state index contributed by atoms with van der Waals surface area (Å²) in [7, 11) is -4.46. The molecule has 0 atom stereocenters. The van der Waals surface area contributed by atoms with Crippen molar-refractivity contribution in [3.63, 3.8) is 0 Å². The Kier molecular flexibility index (Phi) is 2.66. The highest BCUT2D eigenvalue weighted by molar-refractivity contribution is 7.86. The predicted octanol–water partition coefficient (Wildman–Crippen LogP) is 0.606. The summed E-state index contributed by atoms with van der Waals surface area (Å²) in [5.41, 5.74) is 0.0462. The molecule has 0 spiro atoms. The van der Waals surface area contributed by atoms with Crippen LogP contribution in [-0.4, -0.2) is 24.2 Å². The van der Waals surface area contributed by atoms with Crippen molar-refractivity contribution in [3.8, 4) is 5.75 Å². The van der Waals surface area contributed by atoms with Crippen LogP contribution in [0.15, 0.2) is 28.1 Å². The predicted molar refractivity (Wildman–Crippen MR) is 45.7 cm³/mol. The molecule has 0 aliphatic rings. The number of isocyanates is 1. The van der Waals surface area contributed by atoms with Gasteiger partial charge in [-0.3, -0.25) is 4.55 Å². The smallest absolute Gasteiger partial charge is 0.298 e. The Balaban J connectivity index is 3.35. The van der Waals surface area contributed by atoms with Crippen LogP contribution in [0.2, 0.25) is 0 Å². The molecule has 1 rings (SSSR count). The van der Waals surface area contributed by atoms with Gasteiger partial charge in [0.25, 0.3) is 10.1 Å². The van der Waals surface area contributed by atoms with Crippen molar-refractivity contribution in [2.24, 2.45) is 4.99 Å². The SMILES string of the molecule is O=C=Nc1ccc(S(=O)(=O)O)c(O)c1. The molecule has 0 aliphatic carbocycles. The minimum atomic E-state index is -4.46. The molecular formula is C7H5NO5S. The molecule has 0 unspecified atom stereocenters. The van der Waals surface area contributed by atoms with Crippen molar-refractivity contribution in [2.45, 2.75) is 4.90 Å². The second kappa shape index (κ2) is 3.59. The molecule has 0 bridgehead atoms. The molecule has 0 heterocycles. The van der Waals surface area contributed by atoms with Crippen LogP contribution in [-0.2, 0) is 14.9 Å². The molecule has 14 heavy (non-hydrogen) atoms. The van der Waals surface area contributed by atoms with Crippen LogP contribution in [0.5, 0.6) is 5.75 Å². The van der Waals surface area contributed by atoms with Gasteiger partial charge in [-0.15, -0.1) is 0 Å². The summed E-state index contributed by atoms with van der Waals surface area (Å²) in [4.78, 5) is 12.3. The summed E-state index contributed by atoms with van der Waals surface area (Å²) >= 11 is 0. The highest BCUT2D eigenvalue weighted by Gasteiger charge is 2.14. The lowest BCUT2D eigenvalue weighted by molar-refractivity contribution is 0.443. The number of carbonyl (C=O) groups excluding carboxylic acids is 1. The summed E-state index contributed by atoms with van der Waals surface area (Å²) in [6.45, 7) is 0. The maximum absolute atomic E-state index is 10.6. The van der Waals surface area contributed by atoms with Crippen molar-refractivity contribution >= 4 is 21.9 Å². The third-order valence-electron chi connectivity index (χ3n) is 1.40. The molecule has 1 aromatic carbocycles. The minimum Gasteiger partial charge on any atom is -0.506 e. The normalized spacial score (nSPS) is 10.6. The Morgan fingerprint density at radius 1 is 1.36 bits per heavy atom. The molecule has 7 heteroatoms. The van der Waals surface area contributed by atoms with Gasteiger partial charge >= 0.3 is 0 Å². The lowest BCUT2D eigenvalue weighted by Crippen LogP contribution is -1.97. The summed E-state index contributed by atoms with van der Waals surface area (Å²) in [6.07, 6.45) is 1.22. The van der Waals surface area contributed by atoms with Gasteiger partial charge in [0.2, 0.25) is 6.08 Å². The van der Waals surface area contributed by atoms with Crippen LogP contribution in [0.3, 0.4) is 0 Å². The zero-order valence-corrected chi connectivity index (χ0v) is 7.52. The van der Waals surface area contributed by atoms with E-state index in [1.54, 1.807) is 0 Å². The van der Waals surface area contributed by atoms with Gasteiger partial charge in [0.05, 0.1) is 5.69 Å². The zero-order valence-electron chi connectivity index (χ0n) is 6.71. The van der Waals surface area contributed by atoms with Crippen molar-refractivity contribution in [3.05, 3.63) is 18.2 Å². The maximum atomic E-state index is 10.6. The molecule has 6 nitrogen and oxygen atoms in total. The van der Waals surface area contributed by atoms with Crippen LogP contribution in [0, 0.1) is 0 Å². The minimum absolute atomic E-state index is 0.0462. The van der Waals surface area contributed by atoms with Gasteiger partial charge < -0.3 is 5.11 Å². The lowest BCUT2D eigenvalue weighted by Gasteiger charge is -2.00. The first kappa shape index (κ1) is 10.4. The number of hydrogen-bond acceptors (Lipinski definition) is 5. The van der Waals surface area contributed by atoms with Gasteiger partial charge in [0.15, 0.2) is 0 Å². The fraction of sp³-hybridized carbons (Fsp3) is 0. The molecule has 0 saturated heterocycles. The second-order valence-electron chi connectivity index (χ2n) is 2.33. The average Bonchev–Trinajstić information content (AvgIpc) is 2.02. The number of hydrogen-bond donors (Lipinski definition) is 2. The fourth-order valence-corrected chi connectivity index (χ4v) is 1.41. The van der Waals surface area contributed by atoms with Crippen LogP contribution < -0.4 is 0 Å². The molecule has 0 saturated carbocycles. The van der Waals surface area contributed by atoms with Crippen molar-refractivity contribution in [1.29, 1.82) is 0 Å². The lowest BCUT2D eigenvalue weighted by atomic mass is 10.3. The largest absolute Gasteiger partial charge is 0.506 e. The number of nitrogens with zero attached hydrogens (tertiary/aromatic N) is 1. The zero-order chi connectivity index (χ0) is 10.8. The van der Waals surface area contributed by atoms with E-state index in [0.717, 1.165) is 18.2 Å². The van der Waals surface area contributed by atoms with Gasteiger partial charge in [0.1, 0.15) is 10.6 Å². The van der Waals surface area contributed by atoms with Gasteiger partial charge in [-0.2, -0.15) is 13.4 Å². The molecule has 1 aromatic rings. The first-order chi connectivity index (χ1) is 6.45. The third kappa shape index (κ3) is 2.17. The molecule has 0 aromatic heterocycles. The number of phenols is 1. The number of benzene rings is 1. The van der Waals surface area contributed by atoms with E-state index in [0.29, 0.717) is 0 Å². The molecule has 2 N–H and O–H groups in total. The van der Waals surface area contributed by atoms with Crippen LogP contribution in [0.1, 0.15) is 0 Å². The Bertz CT molecular complexity index is 501. The summed E-state index contributed by atoms with van der Waals surface area (Å²) < 4.78 is 29.8. The Hall–Kier alpha value is -1.69. The summed E-state index contributed by atoms with van der Waals surface area (Å²) in [5, 5.41) is 9.12. The quantitative estimate of drug-likeness (QED) is 0.427. The van der Waals surface area contributed by atoms with Crippen LogP contribution in [0.25, 0.3) is 0 Å². The topological polar surface area (TPSA) is 104 Å². The van der Waals surface area contributed by atoms with E-state index >= 15 is 0 Å². The monoisotopic (exact) mass is 215 g/mol. The molecule has 74 valence electrons. The molecule has 0 fully saturated rings. The van der Waals surface area contributed by atoms with E-state index in [1.165, 1.54) is 6.08 Å². The van der Waals surface area contributed by atoms with Crippen molar-refractivity contribution in [1.82, 2.24) is 0 Å². The molecular weight excluding hydrogens is 210 g/mol. The highest BCUT2D eigenvalue weighted by Crippen LogP contribution is 2.26. The van der Waals surface area contributed by atoms with Crippen molar-refractivity contribution < 1.29 is 22.9 Å². The van der Waals surface area contributed by atoms with Gasteiger partial charge in [-0.1, -0.05) is 0 Å². The van der Waals surface area contributed by atoms with E-state index in [2.05, 4.69) is 4.99 Å². The average molecular weight is 215 g/mol. The van der Waals surface area contributed by atoms with E-state index in [-0.39, 0.29) is 5.69 Å². The van der Waals surface area contributed by atoms with Crippen LogP contribution in [0.4, 0.5) is 5.69 Å². The number of aromatic hydroxyl groups is 1. The Morgan fingerprint density at radius 3 is 2.43 bits per heavy atom. The number of phenolic OH excluding ortho intramolecular Hbond substituents is 1. The Morgan fingerprint density at radius 2 is 2.00 bits per heavy atom. The van der Waals surface area contributed by atoms with Crippen LogP contribution >= 0.6 is 0 Å². The molecule has 0 radical (unpaired) electrons. The Labute approximate surface area is 79.3 Å². The molecule has 0 aliphatic heterocycles. The number of aliphatic imine (C=N–C) groups is 1. The second-order valence-corrected chi connectivity index (χ2v) is 3.72. The highest BCUT2D eigenvalue weighted by atomic mass is 32.2. The van der Waals surface area contributed by atoms with E-state index in [1.807, 2.05) is 0 Å². The van der Waals surface area contributed by atoms with Gasteiger partial charge in [0, 0.05) is 6.07 Å². The fourth-order valence-electron chi connectivity index (χ4n) is 0.846. The first-order valence-corrected chi connectivity index (χ1v) is 4.77. The standard InChI is InChI=1S/C7H5NO5S/c9-4-8-5-1-2-7(6(10)3-5)14(11,12)13/h1-3,10H,(H,11,12,13). The summed E-state index contributed by atoms with van der Waals surface area (Å²) in [5.74, 6) is -0.677. The van der Waals surface area contributed by atoms with E-state index in [9.17, 15) is 13.2 Å². The number of rotatable bonds is 2.